The molecule has 0 atom stereocenters. The van der Waals surface area contributed by atoms with Gasteiger partial charge in [-0.1, -0.05) is 0 Å². The molecule has 92 valence electrons. The highest BCUT2D eigenvalue weighted by Crippen LogP contribution is 2.25. The number of carbonyl (C=O) groups excluding carboxylic acids is 1. The first-order valence-corrected chi connectivity index (χ1v) is 6.03. The summed E-state index contributed by atoms with van der Waals surface area (Å²) in [7, 11) is 3.26. The standard InChI is InChI=1S/C13H16BrNO2/c1-8-5-10(6-9(2)12(8)17-4)7-11(14)13(16)15-3/h5-7H,1-4H3,(H,15,16)/b11-7-. The average Bonchev–Trinajstić information content (AvgIpc) is 2.27. The Hall–Kier alpha value is -1.29. The molecule has 0 aliphatic carbocycles. The summed E-state index contributed by atoms with van der Waals surface area (Å²) >= 11 is 3.24. The molecule has 0 aliphatic rings. The lowest BCUT2D eigenvalue weighted by atomic mass is 10.1. The maximum absolute atomic E-state index is 11.4. The number of aryl methyl sites for hydroxylation is 2. The van der Waals surface area contributed by atoms with E-state index in [4.69, 9.17) is 4.74 Å². The monoisotopic (exact) mass is 297 g/mol. The van der Waals surface area contributed by atoms with Crippen LogP contribution in [-0.2, 0) is 4.79 Å². The van der Waals surface area contributed by atoms with Gasteiger partial charge in [0.15, 0.2) is 0 Å². The van der Waals surface area contributed by atoms with Crippen LogP contribution in [0, 0.1) is 13.8 Å². The summed E-state index contributed by atoms with van der Waals surface area (Å²) in [5.41, 5.74) is 3.07. The average molecular weight is 298 g/mol. The number of carbonyl (C=O) groups is 1. The maximum atomic E-state index is 11.4. The Labute approximate surface area is 110 Å². The second-order valence-electron chi connectivity index (χ2n) is 3.76. The normalized spacial score (nSPS) is 11.2. The predicted molar refractivity (Wildman–Crippen MR) is 73.4 cm³/mol. The highest BCUT2D eigenvalue weighted by atomic mass is 79.9. The number of nitrogens with one attached hydrogen (secondary N) is 1. The van der Waals surface area contributed by atoms with E-state index in [-0.39, 0.29) is 5.91 Å². The van der Waals surface area contributed by atoms with Gasteiger partial charge in [-0.2, -0.15) is 0 Å². The zero-order chi connectivity index (χ0) is 13.0. The van der Waals surface area contributed by atoms with E-state index in [1.807, 2.05) is 26.0 Å². The van der Waals surface area contributed by atoms with Crippen LogP contribution in [-0.4, -0.2) is 20.1 Å². The fourth-order valence-corrected chi connectivity index (χ4v) is 2.18. The molecular formula is C13H16BrNO2. The van der Waals surface area contributed by atoms with Gasteiger partial charge in [0, 0.05) is 7.05 Å². The summed E-state index contributed by atoms with van der Waals surface area (Å²) in [6.07, 6.45) is 1.79. The Morgan fingerprint density at radius 2 is 1.88 bits per heavy atom. The van der Waals surface area contributed by atoms with Crippen LogP contribution in [0.5, 0.6) is 5.75 Å². The third-order valence-electron chi connectivity index (χ3n) is 2.42. The first-order valence-electron chi connectivity index (χ1n) is 5.24. The summed E-state index contributed by atoms with van der Waals surface area (Å²) in [5.74, 6) is 0.745. The summed E-state index contributed by atoms with van der Waals surface area (Å²) in [6, 6.07) is 3.96. The van der Waals surface area contributed by atoms with Crippen LogP contribution >= 0.6 is 15.9 Å². The minimum atomic E-state index is -0.142. The van der Waals surface area contributed by atoms with Gasteiger partial charge < -0.3 is 10.1 Å². The first-order chi connectivity index (χ1) is 7.99. The summed E-state index contributed by atoms with van der Waals surface area (Å²) in [5, 5.41) is 2.56. The minimum Gasteiger partial charge on any atom is -0.496 e. The molecule has 0 aliphatic heterocycles. The topological polar surface area (TPSA) is 38.3 Å². The summed E-state index contributed by atoms with van der Waals surface area (Å²) < 4.78 is 5.80. The van der Waals surface area contributed by atoms with Crippen molar-refractivity contribution in [2.75, 3.05) is 14.2 Å². The molecule has 4 heteroatoms. The molecule has 0 radical (unpaired) electrons. The Kier molecular flexibility index (Phi) is 4.75. The van der Waals surface area contributed by atoms with Gasteiger partial charge in [-0.3, -0.25) is 4.79 Å². The maximum Gasteiger partial charge on any atom is 0.258 e. The molecular weight excluding hydrogens is 282 g/mol. The molecule has 1 N–H and O–H groups in total. The molecule has 1 aromatic rings. The lowest BCUT2D eigenvalue weighted by molar-refractivity contribution is -0.116. The van der Waals surface area contributed by atoms with Crippen LogP contribution in [0.4, 0.5) is 0 Å². The van der Waals surface area contributed by atoms with Crippen LogP contribution in [0.3, 0.4) is 0 Å². The smallest absolute Gasteiger partial charge is 0.258 e. The lowest BCUT2D eigenvalue weighted by Crippen LogP contribution is -2.17. The number of ether oxygens (including phenoxy) is 1. The highest BCUT2D eigenvalue weighted by Gasteiger charge is 2.06. The first kappa shape index (κ1) is 13.8. The highest BCUT2D eigenvalue weighted by molar-refractivity contribution is 9.12. The number of rotatable bonds is 3. The van der Waals surface area contributed by atoms with Crippen molar-refractivity contribution in [2.45, 2.75) is 13.8 Å². The molecule has 1 aromatic carbocycles. The van der Waals surface area contributed by atoms with Crippen LogP contribution in [0.25, 0.3) is 6.08 Å². The van der Waals surface area contributed by atoms with Gasteiger partial charge in [0.1, 0.15) is 5.75 Å². The minimum absolute atomic E-state index is 0.142. The molecule has 0 saturated heterocycles. The third-order valence-corrected chi connectivity index (χ3v) is 3.01. The largest absolute Gasteiger partial charge is 0.496 e. The quantitative estimate of drug-likeness (QED) is 0.871. The Bertz CT molecular complexity index is 443. The van der Waals surface area contributed by atoms with Crippen molar-refractivity contribution >= 4 is 27.9 Å². The zero-order valence-corrected chi connectivity index (χ0v) is 12.0. The molecule has 17 heavy (non-hydrogen) atoms. The van der Waals surface area contributed by atoms with Crippen molar-refractivity contribution < 1.29 is 9.53 Å². The van der Waals surface area contributed by atoms with Gasteiger partial charge in [0.05, 0.1) is 11.6 Å². The number of methoxy groups -OCH3 is 1. The van der Waals surface area contributed by atoms with E-state index >= 15 is 0 Å². The molecule has 0 heterocycles. The van der Waals surface area contributed by atoms with Gasteiger partial charge in [-0.05, 0) is 64.7 Å². The Morgan fingerprint density at radius 1 is 1.35 bits per heavy atom. The van der Waals surface area contributed by atoms with E-state index < -0.39 is 0 Å². The van der Waals surface area contributed by atoms with Gasteiger partial charge in [0.2, 0.25) is 0 Å². The molecule has 0 bridgehead atoms. The second-order valence-corrected chi connectivity index (χ2v) is 4.61. The van der Waals surface area contributed by atoms with Crippen molar-refractivity contribution in [3.8, 4) is 5.75 Å². The van der Waals surface area contributed by atoms with Crippen molar-refractivity contribution in [1.29, 1.82) is 0 Å². The molecule has 0 fully saturated rings. The van der Waals surface area contributed by atoms with Gasteiger partial charge in [0.25, 0.3) is 5.91 Å². The van der Waals surface area contributed by atoms with Crippen molar-refractivity contribution in [3.05, 3.63) is 33.3 Å². The molecule has 0 spiro atoms. The SMILES string of the molecule is CNC(=O)/C(Br)=C/c1cc(C)c(OC)c(C)c1. The number of hydrogen-bond donors (Lipinski definition) is 1. The van der Waals surface area contributed by atoms with Crippen molar-refractivity contribution in [3.63, 3.8) is 0 Å². The number of hydrogen-bond acceptors (Lipinski definition) is 2. The van der Waals surface area contributed by atoms with Crippen LogP contribution < -0.4 is 10.1 Å². The molecule has 1 amide bonds. The van der Waals surface area contributed by atoms with E-state index in [0.717, 1.165) is 22.4 Å². The number of halogens is 1. The van der Waals surface area contributed by atoms with E-state index in [9.17, 15) is 4.79 Å². The van der Waals surface area contributed by atoms with E-state index in [1.165, 1.54) is 0 Å². The summed E-state index contributed by atoms with van der Waals surface area (Å²) in [6.45, 7) is 3.97. The second kappa shape index (κ2) is 5.87. The van der Waals surface area contributed by atoms with Gasteiger partial charge in [-0.15, -0.1) is 0 Å². The molecule has 0 aromatic heterocycles. The van der Waals surface area contributed by atoms with E-state index in [2.05, 4.69) is 21.2 Å². The number of benzene rings is 1. The molecule has 0 saturated carbocycles. The molecule has 1 rings (SSSR count). The Morgan fingerprint density at radius 3 is 2.29 bits per heavy atom. The number of likely N-dealkylation sites (N-methyl/N-ethyl adjacent to an activating group) is 1. The third kappa shape index (κ3) is 3.33. The fourth-order valence-electron chi connectivity index (χ4n) is 1.72. The Balaban J connectivity index is 3.14. The van der Waals surface area contributed by atoms with Gasteiger partial charge >= 0.3 is 0 Å². The summed E-state index contributed by atoms with van der Waals surface area (Å²) in [4.78, 5) is 11.4. The molecule has 3 nitrogen and oxygen atoms in total. The zero-order valence-electron chi connectivity index (χ0n) is 10.4. The predicted octanol–water partition coefficient (Wildman–Crippen LogP) is 2.79. The number of amides is 1. The van der Waals surface area contributed by atoms with Crippen molar-refractivity contribution in [2.24, 2.45) is 0 Å². The molecule has 0 unspecified atom stereocenters. The van der Waals surface area contributed by atoms with E-state index in [1.54, 1.807) is 20.2 Å². The van der Waals surface area contributed by atoms with E-state index in [0.29, 0.717) is 4.48 Å². The van der Waals surface area contributed by atoms with Gasteiger partial charge in [-0.25, -0.2) is 0 Å². The van der Waals surface area contributed by atoms with Crippen LogP contribution in [0.15, 0.2) is 16.6 Å². The van der Waals surface area contributed by atoms with Crippen LogP contribution in [0.2, 0.25) is 0 Å². The van der Waals surface area contributed by atoms with Crippen LogP contribution in [0.1, 0.15) is 16.7 Å². The lowest BCUT2D eigenvalue weighted by Gasteiger charge is -2.09. The van der Waals surface area contributed by atoms with Crippen molar-refractivity contribution in [1.82, 2.24) is 5.32 Å². The fraction of sp³-hybridized carbons (Fsp3) is 0.308.